The number of unbranched alkanes of at least 4 members (excludes halogenated alkanes) is 1. The van der Waals surface area contributed by atoms with E-state index in [-0.39, 0.29) is 19.1 Å². The molecule has 6 heteroatoms. The molecule has 1 N–H and O–H groups in total. The quantitative estimate of drug-likeness (QED) is 0.674. The number of hydrogen-bond acceptors (Lipinski definition) is 2. The summed E-state index contributed by atoms with van der Waals surface area (Å²) < 4.78 is 39.1. The molecule has 3 nitrogen and oxygen atoms in total. The van der Waals surface area contributed by atoms with Gasteiger partial charge in [0.1, 0.15) is 6.61 Å². The van der Waals surface area contributed by atoms with Crippen molar-refractivity contribution in [1.29, 1.82) is 0 Å². The second-order valence-corrected chi connectivity index (χ2v) is 3.12. The summed E-state index contributed by atoms with van der Waals surface area (Å²) in [7, 11) is 0. The predicted molar refractivity (Wildman–Crippen MR) is 49.4 cm³/mol. The second kappa shape index (κ2) is 7.50. The summed E-state index contributed by atoms with van der Waals surface area (Å²) in [4.78, 5) is 11.0. The standard InChI is InChI=1S/C9H16F3NO2/c1-2-3-4-8(14)13-5-6-15-7-9(10,11)12/h2-7H2,1H3,(H,13,14). The Bertz CT molecular complexity index is 183. The van der Waals surface area contributed by atoms with Crippen molar-refractivity contribution in [1.82, 2.24) is 5.32 Å². The zero-order valence-corrected chi connectivity index (χ0v) is 8.69. The van der Waals surface area contributed by atoms with Crippen LogP contribution >= 0.6 is 0 Å². The van der Waals surface area contributed by atoms with E-state index >= 15 is 0 Å². The maximum atomic E-state index is 11.6. The highest BCUT2D eigenvalue weighted by Gasteiger charge is 2.27. The Labute approximate surface area is 87.0 Å². The normalized spacial score (nSPS) is 11.5. The van der Waals surface area contributed by atoms with Gasteiger partial charge in [-0.15, -0.1) is 0 Å². The molecule has 0 rings (SSSR count). The summed E-state index contributed by atoms with van der Waals surface area (Å²) in [6, 6.07) is 0. The van der Waals surface area contributed by atoms with Gasteiger partial charge in [0.25, 0.3) is 0 Å². The van der Waals surface area contributed by atoms with Crippen molar-refractivity contribution in [2.75, 3.05) is 19.8 Å². The lowest BCUT2D eigenvalue weighted by atomic mass is 10.2. The fraction of sp³-hybridized carbons (Fsp3) is 0.889. The number of halogens is 3. The molecule has 0 fully saturated rings. The van der Waals surface area contributed by atoms with Crippen molar-refractivity contribution in [3.05, 3.63) is 0 Å². The van der Waals surface area contributed by atoms with E-state index in [9.17, 15) is 18.0 Å². The molecule has 0 saturated heterocycles. The fourth-order valence-corrected chi connectivity index (χ4v) is 0.876. The Morgan fingerprint density at radius 2 is 2.07 bits per heavy atom. The second-order valence-electron chi connectivity index (χ2n) is 3.12. The minimum absolute atomic E-state index is 0.114. The van der Waals surface area contributed by atoms with Crippen LogP contribution in [-0.4, -0.2) is 31.8 Å². The van der Waals surface area contributed by atoms with Gasteiger partial charge >= 0.3 is 6.18 Å². The minimum atomic E-state index is -4.30. The van der Waals surface area contributed by atoms with E-state index in [0.717, 1.165) is 12.8 Å². The van der Waals surface area contributed by atoms with Crippen molar-refractivity contribution < 1.29 is 22.7 Å². The predicted octanol–water partition coefficient (Wildman–Crippen LogP) is 1.87. The van der Waals surface area contributed by atoms with Gasteiger partial charge in [-0.25, -0.2) is 0 Å². The molecular formula is C9H16F3NO2. The van der Waals surface area contributed by atoms with Gasteiger partial charge in [0.05, 0.1) is 6.61 Å². The number of carbonyl (C=O) groups excluding carboxylic acids is 1. The van der Waals surface area contributed by atoms with Crippen LogP contribution in [0.15, 0.2) is 0 Å². The van der Waals surface area contributed by atoms with Crippen molar-refractivity contribution in [2.45, 2.75) is 32.4 Å². The lowest BCUT2D eigenvalue weighted by Crippen LogP contribution is -2.28. The summed E-state index contributed by atoms with van der Waals surface area (Å²) in [5, 5.41) is 2.47. The molecule has 1 amide bonds. The summed E-state index contributed by atoms with van der Waals surface area (Å²) >= 11 is 0. The molecule has 0 aliphatic heterocycles. The van der Waals surface area contributed by atoms with Crippen LogP contribution in [0.25, 0.3) is 0 Å². The third-order valence-corrected chi connectivity index (χ3v) is 1.59. The summed E-state index contributed by atoms with van der Waals surface area (Å²) in [5.41, 5.74) is 0. The summed E-state index contributed by atoms with van der Waals surface area (Å²) in [5.74, 6) is -0.146. The molecule has 0 unspecified atom stereocenters. The zero-order chi connectivity index (χ0) is 11.7. The van der Waals surface area contributed by atoms with E-state index in [0.29, 0.717) is 6.42 Å². The number of amides is 1. The number of nitrogens with one attached hydrogen (secondary N) is 1. The number of ether oxygens (including phenoxy) is 1. The Hall–Kier alpha value is -0.780. The first-order chi connectivity index (χ1) is 6.95. The number of rotatable bonds is 7. The van der Waals surface area contributed by atoms with Crippen LogP contribution in [0.2, 0.25) is 0 Å². The molecule has 0 saturated carbocycles. The van der Waals surface area contributed by atoms with E-state index in [4.69, 9.17) is 0 Å². The molecule has 0 radical (unpaired) electrons. The lowest BCUT2D eigenvalue weighted by molar-refractivity contribution is -0.173. The van der Waals surface area contributed by atoms with Crippen LogP contribution in [0.5, 0.6) is 0 Å². The zero-order valence-electron chi connectivity index (χ0n) is 8.69. The summed E-state index contributed by atoms with van der Waals surface area (Å²) in [6.45, 7) is 0.702. The highest BCUT2D eigenvalue weighted by molar-refractivity contribution is 5.75. The molecule has 0 atom stereocenters. The van der Waals surface area contributed by atoms with E-state index in [1.54, 1.807) is 0 Å². The van der Waals surface area contributed by atoms with E-state index < -0.39 is 12.8 Å². The minimum Gasteiger partial charge on any atom is -0.370 e. The van der Waals surface area contributed by atoms with Crippen molar-refractivity contribution in [3.63, 3.8) is 0 Å². The highest BCUT2D eigenvalue weighted by atomic mass is 19.4. The molecule has 0 aliphatic rings. The SMILES string of the molecule is CCCCC(=O)NCCOCC(F)(F)F. The molecule has 90 valence electrons. The Balaban J connectivity index is 3.27. The Morgan fingerprint density at radius 1 is 1.40 bits per heavy atom. The monoisotopic (exact) mass is 227 g/mol. The molecule has 0 spiro atoms. The number of carbonyl (C=O) groups is 1. The van der Waals surface area contributed by atoms with Crippen LogP contribution in [-0.2, 0) is 9.53 Å². The van der Waals surface area contributed by atoms with Gasteiger partial charge in [0, 0.05) is 13.0 Å². The average Bonchev–Trinajstić information content (AvgIpc) is 2.12. The first-order valence-electron chi connectivity index (χ1n) is 4.87. The van der Waals surface area contributed by atoms with Gasteiger partial charge in [-0.2, -0.15) is 13.2 Å². The third kappa shape index (κ3) is 11.1. The number of alkyl halides is 3. The lowest BCUT2D eigenvalue weighted by Gasteiger charge is -2.08. The molecule has 0 bridgehead atoms. The van der Waals surface area contributed by atoms with E-state index in [1.807, 2.05) is 6.92 Å². The van der Waals surface area contributed by atoms with Crippen molar-refractivity contribution in [3.8, 4) is 0 Å². The average molecular weight is 227 g/mol. The van der Waals surface area contributed by atoms with Gasteiger partial charge in [0.15, 0.2) is 0 Å². The molecule has 0 aromatic carbocycles. The van der Waals surface area contributed by atoms with Gasteiger partial charge in [-0.05, 0) is 6.42 Å². The van der Waals surface area contributed by atoms with Gasteiger partial charge in [0.2, 0.25) is 5.91 Å². The van der Waals surface area contributed by atoms with E-state index in [1.165, 1.54) is 0 Å². The van der Waals surface area contributed by atoms with Crippen molar-refractivity contribution >= 4 is 5.91 Å². The molecule has 0 aromatic rings. The number of hydrogen-bond donors (Lipinski definition) is 1. The molecule has 0 aromatic heterocycles. The van der Waals surface area contributed by atoms with Gasteiger partial charge in [-0.1, -0.05) is 13.3 Å². The van der Waals surface area contributed by atoms with Crippen molar-refractivity contribution in [2.24, 2.45) is 0 Å². The highest BCUT2D eigenvalue weighted by Crippen LogP contribution is 2.13. The van der Waals surface area contributed by atoms with Gasteiger partial charge in [-0.3, -0.25) is 4.79 Å². The van der Waals surface area contributed by atoms with Gasteiger partial charge < -0.3 is 10.1 Å². The summed E-state index contributed by atoms with van der Waals surface area (Å²) in [6.07, 6.45) is -2.19. The largest absolute Gasteiger partial charge is 0.411 e. The first-order valence-corrected chi connectivity index (χ1v) is 4.87. The van der Waals surface area contributed by atoms with E-state index in [2.05, 4.69) is 10.1 Å². The molecular weight excluding hydrogens is 211 g/mol. The smallest absolute Gasteiger partial charge is 0.370 e. The first kappa shape index (κ1) is 14.2. The third-order valence-electron chi connectivity index (χ3n) is 1.59. The maximum Gasteiger partial charge on any atom is 0.411 e. The van der Waals surface area contributed by atoms with Crippen LogP contribution in [0.1, 0.15) is 26.2 Å². The van der Waals surface area contributed by atoms with Crippen LogP contribution in [0, 0.1) is 0 Å². The van der Waals surface area contributed by atoms with Crippen LogP contribution < -0.4 is 5.32 Å². The fourth-order valence-electron chi connectivity index (χ4n) is 0.876. The molecule has 0 aliphatic carbocycles. The Kier molecular flexibility index (Phi) is 7.11. The maximum absolute atomic E-state index is 11.6. The topological polar surface area (TPSA) is 38.3 Å². The van der Waals surface area contributed by atoms with Crippen LogP contribution in [0.3, 0.4) is 0 Å². The molecule has 0 heterocycles. The Morgan fingerprint density at radius 3 is 2.60 bits per heavy atom. The molecule has 15 heavy (non-hydrogen) atoms. The van der Waals surface area contributed by atoms with Crippen LogP contribution in [0.4, 0.5) is 13.2 Å².